The number of phosphoric acid groups is 1. The molecule has 0 fully saturated rings. The van der Waals surface area contributed by atoms with Crippen LogP contribution in [0.2, 0.25) is 0 Å². The Balaban J connectivity index is 4.51. The van der Waals surface area contributed by atoms with Gasteiger partial charge >= 0.3 is 7.82 Å². The highest BCUT2D eigenvalue weighted by atomic mass is 31.2. The van der Waals surface area contributed by atoms with Crippen LogP contribution in [0.4, 0.5) is 0 Å². The number of nitrogens with one attached hydrogen (secondary N) is 1. The highest BCUT2D eigenvalue weighted by Crippen LogP contribution is 2.43. The fourth-order valence-corrected chi connectivity index (χ4v) is 6.73. The summed E-state index contributed by atoms with van der Waals surface area (Å²) in [4.78, 5) is 23.0. The van der Waals surface area contributed by atoms with Gasteiger partial charge in [-0.2, -0.15) is 0 Å². The Morgan fingerprint density at radius 3 is 1.57 bits per heavy atom. The lowest BCUT2D eigenvalue weighted by Crippen LogP contribution is -2.45. The van der Waals surface area contributed by atoms with Gasteiger partial charge in [0.05, 0.1) is 39.9 Å². The van der Waals surface area contributed by atoms with E-state index in [2.05, 4.69) is 31.3 Å². The molecular formula is C42H84N2O6P+. The van der Waals surface area contributed by atoms with Gasteiger partial charge in [0.15, 0.2) is 0 Å². The number of carbonyl (C=O) groups is 1. The summed E-state index contributed by atoms with van der Waals surface area (Å²) in [5, 5.41) is 13.8. The van der Waals surface area contributed by atoms with E-state index in [1.54, 1.807) is 6.08 Å². The summed E-state index contributed by atoms with van der Waals surface area (Å²) in [5.74, 6) is -0.187. The van der Waals surface area contributed by atoms with E-state index >= 15 is 0 Å². The Morgan fingerprint density at radius 2 is 1.08 bits per heavy atom. The number of hydrogen-bond acceptors (Lipinski definition) is 5. The molecule has 0 aliphatic rings. The number of aliphatic hydroxyl groups excluding tert-OH is 1. The molecule has 0 aromatic heterocycles. The maximum Gasteiger partial charge on any atom is 0.472 e. The molecule has 1 amide bonds. The van der Waals surface area contributed by atoms with E-state index in [1.807, 2.05) is 27.2 Å². The third-order valence-corrected chi connectivity index (χ3v) is 10.4. The Bertz CT molecular complexity index is 891. The first-order valence-electron chi connectivity index (χ1n) is 21.2. The molecule has 9 heteroatoms. The van der Waals surface area contributed by atoms with Crippen LogP contribution >= 0.6 is 7.82 Å². The summed E-state index contributed by atoms with van der Waals surface area (Å²) >= 11 is 0. The molecule has 51 heavy (non-hydrogen) atoms. The van der Waals surface area contributed by atoms with Crippen LogP contribution in [0.5, 0.6) is 0 Å². The predicted octanol–water partition coefficient (Wildman–Crippen LogP) is 11.4. The second-order valence-corrected chi connectivity index (χ2v) is 17.2. The minimum Gasteiger partial charge on any atom is -0.387 e. The van der Waals surface area contributed by atoms with Crippen LogP contribution in [0.25, 0.3) is 0 Å². The lowest BCUT2D eigenvalue weighted by Gasteiger charge is -2.25. The van der Waals surface area contributed by atoms with Gasteiger partial charge in [-0.1, -0.05) is 173 Å². The van der Waals surface area contributed by atoms with Gasteiger partial charge in [-0.05, 0) is 32.1 Å². The van der Waals surface area contributed by atoms with Crippen molar-refractivity contribution in [1.29, 1.82) is 0 Å². The van der Waals surface area contributed by atoms with Crippen LogP contribution in [0.15, 0.2) is 24.3 Å². The molecule has 0 saturated carbocycles. The number of nitrogens with zero attached hydrogens (tertiary/aromatic N) is 1. The summed E-state index contributed by atoms with van der Waals surface area (Å²) in [6.45, 7) is 4.78. The van der Waals surface area contributed by atoms with E-state index in [9.17, 15) is 19.4 Å². The van der Waals surface area contributed by atoms with Gasteiger partial charge in [-0.3, -0.25) is 13.8 Å². The van der Waals surface area contributed by atoms with Crippen molar-refractivity contribution in [2.24, 2.45) is 0 Å². The number of rotatable bonds is 38. The fraction of sp³-hybridized carbons (Fsp3) is 0.881. The van der Waals surface area contributed by atoms with Crippen molar-refractivity contribution in [1.82, 2.24) is 5.32 Å². The molecule has 0 aliphatic heterocycles. The second-order valence-electron chi connectivity index (χ2n) is 15.7. The van der Waals surface area contributed by atoms with Gasteiger partial charge in [-0.15, -0.1) is 0 Å². The van der Waals surface area contributed by atoms with Gasteiger partial charge in [0, 0.05) is 6.42 Å². The molecule has 8 nitrogen and oxygen atoms in total. The Kier molecular flexibility index (Phi) is 34.0. The average molecular weight is 744 g/mol. The molecule has 0 radical (unpaired) electrons. The molecule has 0 aliphatic carbocycles. The maximum atomic E-state index is 12.8. The van der Waals surface area contributed by atoms with Crippen LogP contribution in [0.3, 0.4) is 0 Å². The van der Waals surface area contributed by atoms with Crippen LogP contribution < -0.4 is 5.32 Å². The molecule has 3 atom stereocenters. The summed E-state index contributed by atoms with van der Waals surface area (Å²) in [5.41, 5.74) is 0. The predicted molar refractivity (Wildman–Crippen MR) is 217 cm³/mol. The summed E-state index contributed by atoms with van der Waals surface area (Å²) in [6.07, 6.45) is 39.5. The SMILES string of the molecule is CCCCCCCCCCCC/C=C/CC/C=C/[C@@H](O)[C@H](COP(=O)(O)OCC[N+](C)(C)C)NC(=O)CCCCCCCCCCCCCCC. The highest BCUT2D eigenvalue weighted by Gasteiger charge is 2.27. The number of likely N-dealkylation sites (N-methyl/N-ethyl adjacent to an activating group) is 1. The van der Waals surface area contributed by atoms with Gasteiger partial charge in [-0.25, -0.2) is 4.57 Å². The van der Waals surface area contributed by atoms with Crippen molar-refractivity contribution in [3.05, 3.63) is 24.3 Å². The van der Waals surface area contributed by atoms with Gasteiger partial charge in [0.25, 0.3) is 0 Å². The Labute approximate surface area is 315 Å². The molecule has 0 aromatic rings. The standard InChI is InChI=1S/C42H83N2O6P/c1-6-8-10-12-14-16-18-20-21-22-24-25-27-29-31-33-35-41(45)40(39-50-51(47,48)49-38-37-44(3,4)5)43-42(46)36-34-32-30-28-26-23-19-17-15-13-11-9-7-2/h25,27,33,35,40-41,45H,6-24,26,28-32,34,36-39H2,1-5H3,(H-,43,46,47,48)/p+1/b27-25+,35-33+/t40-,41+/m0/s1. The van der Waals surface area contributed by atoms with Crippen molar-refractivity contribution in [2.45, 2.75) is 199 Å². The van der Waals surface area contributed by atoms with Crippen LogP contribution in [-0.2, 0) is 18.4 Å². The van der Waals surface area contributed by atoms with Crippen molar-refractivity contribution >= 4 is 13.7 Å². The number of unbranched alkanes of at least 4 members (excludes halogenated alkanes) is 23. The van der Waals surface area contributed by atoms with E-state index in [0.717, 1.165) is 38.5 Å². The molecule has 0 saturated heterocycles. The number of carbonyl (C=O) groups excluding carboxylic acids is 1. The van der Waals surface area contributed by atoms with Gasteiger partial charge < -0.3 is 19.8 Å². The van der Waals surface area contributed by atoms with Crippen LogP contribution in [0, 0.1) is 0 Å². The van der Waals surface area contributed by atoms with Crippen molar-refractivity contribution in [2.75, 3.05) is 40.9 Å². The molecule has 0 spiro atoms. The van der Waals surface area contributed by atoms with Crippen molar-refractivity contribution < 1.29 is 32.9 Å². The topological polar surface area (TPSA) is 105 Å². The highest BCUT2D eigenvalue weighted by molar-refractivity contribution is 7.47. The number of aliphatic hydroxyl groups is 1. The molecule has 0 bridgehead atoms. The van der Waals surface area contributed by atoms with E-state index in [4.69, 9.17) is 9.05 Å². The molecule has 1 unspecified atom stereocenters. The normalized spacial score (nSPS) is 14.7. The largest absolute Gasteiger partial charge is 0.472 e. The average Bonchev–Trinajstić information content (AvgIpc) is 3.07. The molecule has 302 valence electrons. The van der Waals surface area contributed by atoms with Crippen molar-refractivity contribution in [3.8, 4) is 0 Å². The van der Waals surface area contributed by atoms with E-state index in [-0.39, 0.29) is 19.1 Å². The number of hydrogen-bond donors (Lipinski definition) is 3. The summed E-state index contributed by atoms with van der Waals surface area (Å²) < 4.78 is 23.5. The summed E-state index contributed by atoms with van der Waals surface area (Å²) in [7, 11) is 1.56. The zero-order valence-corrected chi connectivity index (χ0v) is 35.0. The van der Waals surface area contributed by atoms with Crippen molar-refractivity contribution in [3.63, 3.8) is 0 Å². The third-order valence-electron chi connectivity index (χ3n) is 9.42. The zero-order valence-electron chi connectivity index (χ0n) is 34.1. The van der Waals surface area contributed by atoms with E-state index in [1.165, 1.54) is 128 Å². The Morgan fingerprint density at radius 1 is 0.647 bits per heavy atom. The number of amides is 1. The maximum absolute atomic E-state index is 12.8. The van der Waals surface area contributed by atoms with E-state index in [0.29, 0.717) is 17.4 Å². The van der Waals surface area contributed by atoms with Gasteiger partial charge in [0.2, 0.25) is 5.91 Å². The minimum absolute atomic E-state index is 0.0581. The lowest BCUT2D eigenvalue weighted by molar-refractivity contribution is -0.870. The molecule has 0 rings (SSSR count). The van der Waals surface area contributed by atoms with Crippen LogP contribution in [-0.4, -0.2) is 73.4 Å². The third kappa shape index (κ3) is 37.1. The monoisotopic (exact) mass is 744 g/mol. The van der Waals surface area contributed by atoms with E-state index < -0.39 is 20.0 Å². The smallest absolute Gasteiger partial charge is 0.387 e. The second kappa shape index (κ2) is 34.7. The number of quaternary nitrogens is 1. The molecular weight excluding hydrogens is 659 g/mol. The molecule has 0 heterocycles. The fourth-order valence-electron chi connectivity index (χ4n) is 6.00. The van der Waals surface area contributed by atoms with Gasteiger partial charge in [0.1, 0.15) is 13.2 Å². The number of allylic oxidation sites excluding steroid dienone is 3. The Hall–Kier alpha value is -1.02. The number of phosphoric ester groups is 1. The summed E-state index contributed by atoms with van der Waals surface area (Å²) in [6, 6.07) is -0.856. The quantitative estimate of drug-likeness (QED) is 0.0252. The van der Waals surface area contributed by atoms with Crippen LogP contribution in [0.1, 0.15) is 187 Å². The zero-order chi connectivity index (χ0) is 37.9. The first-order valence-corrected chi connectivity index (χ1v) is 22.7. The minimum atomic E-state index is -4.34. The molecule has 0 aromatic carbocycles. The lowest BCUT2D eigenvalue weighted by atomic mass is 10.0. The first kappa shape index (κ1) is 50.0. The molecule has 3 N–H and O–H groups in total. The first-order chi connectivity index (χ1) is 24.5.